The second-order valence-electron chi connectivity index (χ2n) is 7.25. The molecule has 0 bridgehead atoms. The van der Waals surface area contributed by atoms with Gasteiger partial charge in [-0.15, -0.1) is 0 Å². The summed E-state index contributed by atoms with van der Waals surface area (Å²) in [4.78, 5) is 11.3. The van der Waals surface area contributed by atoms with Gasteiger partial charge in [-0.3, -0.25) is 0 Å². The number of amides is 1. The molecule has 1 heterocycles. The smallest absolute Gasteiger partial charge is 0.405 e. The van der Waals surface area contributed by atoms with Crippen molar-refractivity contribution in [3.63, 3.8) is 0 Å². The first-order chi connectivity index (χ1) is 11.9. The summed E-state index contributed by atoms with van der Waals surface area (Å²) in [6.07, 6.45) is -0.213. The molecular formula is C20H21NO4. The van der Waals surface area contributed by atoms with Crippen LogP contribution in [-0.2, 0) is 11.2 Å². The van der Waals surface area contributed by atoms with E-state index in [1.54, 1.807) is 0 Å². The van der Waals surface area contributed by atoms with E-state index < -0.39 is 6.09 Å². The van der Waals surface area contributed by atoms with E-state index in [1.165, 1.54) is 5.56 Å². The summed E-state index contributed by atoms with van der Waals surface area (Å²) in [6.45, 7) is 5.33. The average molecular weight is 339 g/mol. The molecule has 0 fully saturated rings. The van der Waals surface area contributed by atoms with E-state index in [1.807, 2.05) is 30.3 Å². The average Bonchev–Trinajstić information content (AvgIpc) is 2.83. The van der Waals surface area contributed by atoms with Gasteiger partial charge in [-0.05, 0) is 40.8 Å². The van der Waals surface area contributed by atoms with Gasteiger partial charge in [0.1, 0.15) is 19.3 Å². The minimum absolute atomic E-state index is 0.178. The number of carbonyl (C=O) groups is 1. The molecule has 2 aromatic carbocycles. The molecule has 0 saturated carbocycles. The molecule has 1 unspecified atom stereocenters. The Hall–Kier alpha value is -2.69. The van der Waals surface area contributed by atoms with Gasteiger partial charge in [0, 0.05) is 5.41 Å². The predicted molar refractivity (Wildman–Crippen MR) is 93.8 cm³/mol. The van der Waals surface area contributed by atoms with Crippen LogP contribution in [0.5, 0.6) is 11.5 Å². The van der Waals surface area contributed by atoms with Crippen molar-refractivity contribution in [1.82, 2.24) is 0 Å². The monoisotopic (exact) mass is 339 g/mol. The summed E-state index contributed by atoms with van der Waals surface area (Å²) in [7, 11) is 0. The van der Waals surface area contributed by atoms with Gasteiger partial charge in [-0.25, -0.2) is 4.79 Å². The number of ether oxygens (including phenoxy) is 3. The molecule has 2 N–H and O–H groups in total. The number of rotatable bonds is 2. The van der Waals surface area contributed by atoms with E-state index in [-0.39, 0.29) is 11.5 Å². The van der Waals surface area contributed by atoms with Crippen LogP contribution >= 0.6 is 0 Å². The number of carbonyl (C=O) groups excluding carboxylic acids is 1. The number of nitrogens with two attached hydrogens (primary N) is 1. The van der Waals surface area contributed by atoms with E-state index >= 15 is 0 Å². The molecule has 1 atom stereocenters. The highest BCUT2D eigenvalue weighted by molar-refractivity contribution is 5.70. The second kappa shape index (κ2) is 5.69. The highest BCUT2D eigenvalue weighted by Crippen LogP contribution is 2.48. The van der Waals surface area contributed by atoms with Crippen LogP contribution in [0, 0.1) is 5.41 Å². The fraction of sp³-hybridized carbons (Fsp3) is 0.350. The van der Waals surface area contributed by atoms with E-state index in [9.17, 15) is 4.79 Å². The summed E-state index contributed by atoms with van der Waals surface area (Å²) in [5, 5.41) is 0. The largest absolute Gasteiger partial charge is 0.486 e. The molecule has 130 valence electrons. The topological polar surface area (TPSA) is 70.8 Å². The van der Waals surface area contributed by atoms with Gasteiger partial charge in [-0.1, -0.05) is 38.1 Å². The first kappa shape index (κ1) is 15.8. The van der Waals surface area contributed by atoms with Gasteiger partial charge in [0.05, 0.1) is 0 Å². The molecule has 2 aromatic rings. The van der Waals surface area contributed by atoms with E-state index in [4.69, 9.17) is 19.9 Å². The molecule has 1 aliphatic carbocycles. The minimum Gasteiger partial charge on any atom is -0.486 e. The Balaban J connectivity index is 1.70. The quantitative estimate of drug-likeness (QED) is 0.902. The molecule has 0 saturated heterocycles. The molecule has 1 amide bonds. The first-order valence-corrected chi connectivity index (χ1v) is 8.43. The Bertz CT molecular complexity index is 844. The van der Waals surface area contributed by atoms with E-state index in [0.29, 0.717) is 13.2 Å². The van der Waals surface area contributed by atoms with Crippen LogP contribution in [0.25, 0.3) is 11.1 Å². The lowest BCUT2D eigenvalue weighted by molar-refractivity contribution is 0.0392. The number of hydrogen-bond donors (Lipinski definition) is 1. The Labute approximate surface area is 146 Å². The Kier molecular flexibility index (Phi) is 3.60. The van der Waals surface area contributed by atoms with Gasteiger partial charge in [0.15, 0.2) is 11.5 Å². The molecule has 5 nitrogen and oxygen atoms in total. The maximum atomic E-state index is 11.3. The molecule has 0 spiro atoms. The van der Waals surface area contributed by atoms with Gasteiger partial charge in [0.2, 0.25) is 0 Å². The van der Waals surface area contributed by atoms with Crippen LogP contribution in [0.3, 0.4) is 0 Å². The molecule has 5 heteroatoms. The summed E-state index contributed by atoms with van der Waals surface area (Å²) in [5.74, 6) is 1.56. The van der Waals surface area contributed by atoms with Gasteiger partial charge in [0.25, 0.3) is 0 Å². The standard InChI is InChI=1S/C20H21NO4/c1-20(2)11-14-9-12(3-5-15(14)18(20)25-19(21)22)13-4-6-16-17(10-13)24-8-7-23-16/h3-6,9-10,18H,7-8,11H2,1-2H3,(H2,21,22). The van der Waals surface area contributed by atoms with Gasteiger partial charge < -0.3 is 19.9 Å². The van der Waals surface area contributed by atoms with Crippen molar-refractivity contribution in [3.8, 4) is 22.6 Å². The molecule has 1 aliphatic heterocycles. The summed E-state index contributed by atoms with van der Waals surface area (Å²) < 4.78 is 16.6. The maximum Gasteiger partial charge on any atom is 0.405 e. The van der Waals surface area contributed by atoms with Crippen molar-refractivity contribution in [3.05, 3.63) is 47.5 Å². The first-order valence-electron chi connectivity index (χ1n) is 8.43. The van der Waals surface area contributed by atoms with Crippen molar-refractivity contribution in [2.75, 3.05) is 13.2 Å². The zero-order valence-corrected chi connectivity index (χ0v) is 14.4. The summed E-state index contributed by atoms with van der Waals surface area (Å²) >= 11 is 0. The highest BCUT2D eigenvalue weighted by atomic mass is 16.6. The number of hydrogen-bond acceptors (Lipinski definition) is 4. The number of fused-ring (bicyclic) bond motifs is 2. The Morgan fingerprint density at radius 2 is 1.76 bits per heavy atom. The van der Waals surface area contributed by atoms with Crippen molar-refractivity contribution in [2.45, 2.75) is 26.4 Å². The fourth-order valence-corrected chi connectivity index (χ4v) is 3.76. The van der Waals surface area contributed by atoms with Crippen molar-refractivity contribution >= 4 is 6.09 Å². The van der Waals surface area contributed by atoms with Crippen LogP contribution in [0.2, 0.25) is 0 Å². The maximum absolute atomic E-state index is 11.3. The van der Waals surface area contributed by atoms with Crippen LogP contribution in [0.1, 0.15) is 31.1 Å². The number of benzene rings is 2. The zero-order valence-electron chi connectivity index (χ0n) is 14.4. The normalized spacial score (nSPS) is 20.0. The molecule has 0 aromatic heterocycles. The lowest BCUT2D eigenvalue weighted by atomic mass is 9.87. The number of primary amides is 1. The van der Waals surface area contributed by atoms with Crippen LogP contribution in [0.4, 0.5) is 4.79 Å². The van der Waals surface area contributed by atoms with E-state index in [2.05, 4.69) is 19.9 Å². The Morgan fingerprint density at radius 3 is 2.52 bits per heavy atom. The van der Waals surface area contributed by atoms with Crippen LogP contribution in [-0.4, -0.2) is 19.3 Å². The van der Waals surface area contributed by atoms with Gasteiger partial charge in [-0.2, -0.15) is 0 Å². The molecule has 0 radical (unpaired) electrons. The third kappa shape index (κ3) is 2.80. The predicted octanol–water partition coefficient (Wildman–Crippen LogP) is 3.84. The molecule has 2 aliphatic rings. The summed E-state index contributed by atoms with van der Waals surface area (Å²) in [5.41, 5.74) is 9.46. The van der Waals surface area contributed by atoms with Crippen molar-refractivity contribution in [2.24, 2.45) is 11.1 Å². The zero-order chi connectivity index (χ0) is 17.6. The summed E-state index contributed by atoms with van der Waals surface area (Å²) in [6, 6.07) is 12.2. The second-order valence-corrected chi connectivity index (χ2v) is 7.25. The third-order valence-corrected chi connectivity index (χ3v) is 4.89. The van der Waals surface area contributed by atoms with E-state index in [0.717, 1.165) is 34.6 Å². The Morgan fingerprint density at radius 1 is 1.08 bits per heavy atom. The molecular weight excluding hydrogens is 318 g/mol. The lowest BCUT2D eigenvalue weighted by Crippen LogP contribution is -2.25. The van der Waals surface area contributed by atoms with Crippen LogP contribution in [0.15, 0.2) is 36.4 Å². The third-order valence-electron chi connectivity index (χ3n) is 4.89. The lowest BCUT2D eigenvalue weighted by Gasteiger charge is -2.26. The highest BCUT2D eigenvalue weighted by Gasteiger charge is 2.41. The van der Waals surface area contributed by atoms with Crippen LogP contribution < -0.4 is 15.2 Å². The van der Waals surface area contributed by atoms with Gasteiger partial charge >= 0.3 is 6.09 Å². The molecule has 4 rings (SSSR count). The minimum atomic E-state index is -0.734. The molecule has 25 heavy (non-hydrogen) atoms. The van der Waals surface area contributed by atoms with Crippen molar-refractivity contribution < 1.29 is 19.0 Å². The van der Waals surface area contributed by atoms with Crippen molar-refractivity contribution in [1.29, 1.82) is 0 Å². The fourth-order valence-electron chi connectivity index (χ4n) is 3.76. The SMILES string of the molecule is CC1(C)Cc2cc(-c3ccc4c(c3)OCCO4)ccc2C1OC(N)=O.